The van der Waals surface area contributed by atoms with Crippen LogP contribution in [0.3, 0.4) is 0 Å². The van der Waals surface area contributed by atoms with Crippen molar-refractivity contribution in [2.24, 2.45) is 0 Å². The normalized spacial score (nSPS) is 19.9. The van der Waals surface area contributed by atoms with Crippen LogP contribution in [0.1, 0.15) is 19.8 Å². The summed E-state index contributed by atoms with van der Waals surface area (Å²) < 4.78 is 12.7. The monoisotopic (exact) mass is 269 g/mol. The number of thioether (sulfide) groups is 1. The van der Waals surface area contributed by atoms with Crippen molar-refractivity contribution in [1.82, 2.24) is 4.90 Å². The van der Waals surface area contributed by atoms with Gasteiger partial charge in [-0.25, -0.2) is 4.39 Å². The van der Waals surface area contributed by atoms with E-state index in [0.29, 0.717) is 0 Å². The fourth-order valence-corrected chi connectivity index (χ4v) is 3.00. The van der Waals surface area contributed by atoms with Crippen LogP contribution < -0.4 is 0 Å². The Labute approximate surface area is 112 Å². The van der Waals surface area contributed by atoms with Crippen molar-refractivity contribution in [3.63, 3.8) is 0 Å². The molecule has 0 aromatic heterocycles. The lowest BCUT2D eigenvalue weighted by Gasteiger charge is -2.35. The molecule has 1 saturated heterocycles. The van der Waals surface area contributed by atoms with Gasteiger partial charge in [0.05, 0.1) is 5.60 Å². The first kappa shape index (κ1) is 13.8. The summed E-state index contributed by atoms with van der Waals surface area (Å²) in [7, 11) is 0. The molecule has 0 saturated carbocycles. The fraction of sp³-hybridized carbons (Fsp3) is 0.571. The zero-order valence-electron chi connectivity index (χ0n) is 10.7. The number of hydrogen-bond acceptors (Lipinski definition) is 3. The molecular formula is C14H20FNOS. The zero-order chi connectivity index (χ0) is 13.0. The number of likely N-dealkylation sites (tertiary alicyclic amines) is 1. The number of piperidine rings is 1. The fourth-order valence-electron chi connectivity index (χ4n) is 2.08. The lowest BCUT2D eigenvalue weighted by Crippen LogP contribution is -2.43. The molecule has 1 aliphatic rings. The van der Waals surface area contributed by atoms with E-state index >= 15 is 0 Å². The van der Waals surface area contributed by atoms with Gasteiger partial charge in [0, 0.05) is 30.3 Å². The smallest absolute Gasteiger partial charge is 0.123 e. The van der Waals surface area contributed by atoms with E-state index in [-0.39, 0.29) is 5.82 Å². The Kier molecular flexibility index (Phi) is 4.65. The molecule has 0 spiro atoms. The number of nitrogens with zero attached hydrogens (tertiary/aromatic N) is 1. The van der Waals surface area contributed by atoms with Crippen molar-refractivity contribution in [1.29, 1.82) is 0 Å². The molecule has 4 heteroatoms. The number of aliphatic hydroxyl groups is 1. The average Bonchev–Trinajstić information content (AvgIpc) is 2.34. The minimum absolute atomic E-state index is 0.183. The largest absolute Gasteiger partial charge is 0.390 e. The summed E-state index contributed by atoms with van der Waals surface area (Å²) >= 11 is 1.75. The van der Waals surface area contributed by atoms with Crippen LogP contribution in [-0.4, -0.2) is 41.0 Å². The first-order valence-corrected chi connectivity index (χ1v) is 7.37. The first-order chi connectivity index (χ1) is 8.55. The number of hydrogen-bond donors (Lipinski definition) is 1. The molecule has 2 rings (SSSR count). The van der Waals surface area contributed by atoms with Crippen molar-refractivity contribution in [3.8, 4) is 0 Å². The molecule has 0 amide bonds. The summed E-state index contributed by atoms with van der Waals surface area (Å²) in [6, 6.07) is 6.64. The summed E-state index contributed by atoms with van der Waals surface area (Å²) in [5.41, 5.74) is -0.472. The van der Waals surface area contributed by atoms with Gasteiger partial charge in [0.2, 0.25) is 0 Å². The molecule has 1 aliphatic heterocycles. The van der Waals surface area contributed by atoms with Crippen LogP contribution in [0.2, 0.25) is 0 Å². The third-order valence-electron chi connectivity index (χ3n) is 3.42. The molecule has 100 valence electrons. The molecule has 1 aromatic rings. The van der Waals surface area contributed by atoms with Crippen molar-refractivity contribution in [3.05, 3.63) is 30.1 Å². The molecular weight excluding hydrogens is 249 g/mol. The van der Waals surface area contributed by atoms with Gasteiger partial charge in [-0.15, -0.1) is 11.8 Å². The average molecular weight is 269 g/mol. The molecule has 2 nitrogen and oxygen atoms in total. The van der Waals surface area contributed by atoms with E-state index in [9.17, 15) is 9.50 Å². The summed E-state index contributed by atoms with van der Waals surface area (Å²) in [4.78, 5) is 3.49. The van der Waals surface area contributed by atoms with Gasteiger partial charge in [0.15, 0.2) is 0 Å². The highest BCUT2D eigenvalue weighted by Gasteiger charge is 2.26. The maximum atomic E-state index is 12.7. The number of benzene rings is 1. The molecule has 0 unspecified atom stereocenters. The molecule has 18 heavy (non-hydrogen) atoms. The minimum Gasteiger partial charge on any atom is -0.390 e. The van der Waals surface area contributed by atoms with Gasteiger partial charge >= 0.3 is 0 Å². The van der Waals surface area contributed by atoms with Gasteiger partial charge in [-0.3, -0.25) is 0 Å². The van der Waals surface area contributed by atoms with Gasteiger partial charge in [-0.2, -0.15) is 0 Å². The summed E-state index contributed by atoms with van der Waals surface area (Å²) in [5.74, 6) is 0.825. The quantitative estimate of drug-likeness (QED) is 0.850. The Morgan fingerprint density at radius 3 is 2.50 bits per heavy atom. The molecule has 1 N–H and O–H groups in total. The Hall–Kier alpha value is -0.580. The maximum absolute atomic E-state index is 12.7. The Morgan fingerprint density at radius 2 is 1.89 bits per heavy atom. The van der Waals surface area contributed by atoms with Crippen LogP contribution in [0.5, 0.6) is 0 Å². The highest BCUT2D eigenvalue weighted by atomic mass is 32.2. The van der Waals surface area contributed by atoms with Crippen LogP contribution >= 0.6 is 11.8 Å². The van der Waals surface area contributed by atoms with Crippen LogP contribution in [0.4, 0.5) is 4.39 Å². The third-order valence-corrected chi connectivity index (χ3v) is 4.42. The standard InChI is InChI=1S/C14H20FNOS/c1-14(17)6-8-16(9-7-14)10-11-18-13-4-2-12(15)3-5-13/h2-5,17H,6-11H2,1H3. The summed E-state index contributed by atoms with van der Waals surface area (Å²) in [6.07, 6.45) is 1.71. The van der Waals surface area contributed by atoms with Crippen molar-refractivity contribution >= 4 is 11.8 Å². The van der Waals surface area contributed by atoms with Gasteiger partial charge in [-0.05, 0) is 44.0 Å². The molecule has 0 aliphatic carbocycles. The van der Waals surface area contributed by atoms with Gasteiger partial charge in [0.1, 0.15) is 5.82 Å². The highest BCUT2D eigenvalue weighted by Crippen LogP contribution is 2.22. The van der Waals surface area contributed by atoms with E-state index in [0.717, 1.165) is 43.1 Å². The second-order valence-corrected chi connectivity index (χ2v) is 6.31. The summed E-state index contributed by atoms with van der Waals surface area (Å²) in [5, 5.41) is 9.85. The molecule has 1 aromatic carbocycles. The summed E-state index contributed by atoms with van der Waals surface area (Å²) in [6.45, 7) is 4.88. The maximum Gasteiger partial charge on any atom is 0.123 e. The second kappa shape index (κ2) is 6.04. The van der Waals surface area contributed by atoms with E-state index in [1.165, 1.54) is 12.1 Å². The zero-order valence-corrected chi connectivity index (χ0v) is 11.5. The first-order valence-electron chi connectivity index (χ1n) is 6.38. The van der Waals surface area contributed by atoms with Gasteiger partial charge in [0.25, 0.3) is 0 Å². The van der Waals surface area contributed by atoms with Crippen molar-refractivity contribution in [2.45, 2.75) is 30.3 Å². The highest BCUT2D eigenvalue weighted by molar-refractivity contribution is 7.99. The third kappa shape index (κ3) is 4.26. The van der Waals surface area contributed by atoms with E-state index in [1.54, 1.807) is 11.8 Å². The van der Waals surface area contributed by atoms with Crippen LogP contribution in [0.15, 0.2) is 29.2 Å². The van der Waals surface area contributed by atoms with Gasteiger partial charge < -0.3 is 10.0 Å². The molecule has 1 heterocycles. The second-order valence-electron chi connectivity index (χ2n) is 5.14. The van der Waals surface area contributed by atoms with Crippen LogP contribution in [0, 0.1) is 5.82 Å². The number of rotatable bonds is 4. The predicted octanol–water partition coefficient (Wildman–Crippen LogP) is 2.76. The minimum atomic E-state index is -0.472. The molecule has 1 fully saturated rings. The van der Waals surface area contributed by atoms with E-state index < -0.39 is 5.60 Å². The van der Waals surface area contributed by atoms with Gasteiger partial charge in [-0.1, -0.05) is 0 Å². The molecule has 0 bridgehead atoms. The molecule has 0 radical (unpaired) electrons. The predicted molar refractivity (Wildman–Crippen MR) is 73.4 cm³/mol. The van der Waals surface area contributed by atoms with E-state index in [1.807, 2.05) is 19.1 Å². The van der Waals surface area contributed by atoms with E-state index in [2.05, 4.69) is 4.90 Å². The Morgan fingerprint density at radius 1 is 1.28 bits per heavy atom. The lowest BCUT2D eigenvalue weighted by molar-refractivity contribution is -0.00365. The van der Waals surface area contributed by atoms with Crippen LogP contribution in [-0.2, 0) is 0 Å². The topological polar surface area (TPSA) is 23.5 Å². The lowest BCUT2D eigenvalue weighted by atomic mass is 9.94. The van der Waals surface area contributed by atoms with Crippen molar-refractivity contribution in [2.75, 3.05) is 25.4 Å². The molecule has 0 atom stereocenters. The van der Waals surface area contributed by atoms with Crippen molar-refractivity contribution < 1.29 is 9.50 Å². The Bertz CT molecular complexity index is 370. The SMILES string of the molecule is CC1(O)CCN(CCSc2ccc(F)cc2)CC1. The number of halogens is 1. The Balaban J connectivity index is 1.68. The van der Waals surface area contributed by atoms with Crippen LogP contribution in [0.25, 0.3) is 0 Å². The van der Waals surface area contributed by atoms with E-state index in [4.69, 9.17) is 0 Å².